The summed E-state index contributed by atoms with van der Waals surface area (Å²) in [6, 6.07) is 1.08. The molecule has 0 aliphatic carbocycles. The summed E-state index contributed by atoms with van der Waals surface area (Å²) in [5.74, 6) is -0.923. The molecule has 1 atom stereocenters. The van der Waals surface area contributed by atoms with Gasteiger partial charge in [-0.25, -0.2) is 14.4 Å². The zero-order valence-corrected chi connectivity index (χ0v) is 11.1. The first kappa shape index (κ1) is 13.4. The summed E-state index contributed by atoms with van der Waals surface area (Å²) in [5.41, 5.74) is 5.59. The van der Waals surface area contributed by atoms with Gasteiger partial charge in [0.05, 0.1) is 16.8 Å². The van der Waals surface area contributed by atoms with Gasteiger partial charge in [0.15, 0.2) is 0 Å². The Labute approximate surface area is 113 Å². The van der Waals surface area contributed by atoms with E-state index in [9.17, 15) is 9.18 Å². The monoisotopic (exact) mass is 280 g/mol. The van der Waals surface area contributed by atoms with Crippen molar-refractivity contribution >= 4 is 23.1 Å². The number of anilines is 1. The molecule has 0 saturated heterocycles. The van der Waals surface area contributed by atoms with Crippen LogP contribution in [0.3, 0.4) is 0 Å². The number of carbonyl (C=O) groups is 1. The van der Waals surface area contributed by atoms with Gasteiger partial charge >= 0.3 is 0 Å². The molecule has 0 aromatic carbocycles. The molecule has 1 unspecified atom stereocenters. The van der Waals surface area contributed by atoms with E-state index in [2.05, 4.69) is 15.3 Å². The minimum Gasteiger partial charge on any atom is -0.383 e. The summed E-state index contributed by atoms with van der Waals surface area (Å²) >= 11 is 1.52. The van der Waals surface area contributed by atoms with Crippen molar-refractivity contribution in [3.05, 3.63) is 40.2 Å². The molecule has 2 aromatic heterocycles. The first-order chi connectivity index (χ1) is 9.08. The van der Waals surface area contributed by atoms with Crippen molar-refractivity contribution in [3.8, 4) is 0 Å². The molecule has 100 valence electrons. The van der Waals surface area contributed by atoms with Gasteiger partial charge in [-0.1, -0.05) is 6.92 Å². The van der Waals surface area contributed by atoms with Crippen molar-refractivity contribution in [2.45, 2.75) is 12.8 Å². The van der Waals surface area contributed by atoms with E-state index in [1.165, 1.54) is 11.3 Å². The number of nitrogen functional groups attached to an aromatic ring is 1. The SMILES string of the molecule is CC(CNC(=O)c1cc(F)cnc1N)c1nccs1. The second-order valence-corrected chi connectivity index (χ2v) is 4.99. The van der Waals surface area contributed by atoms with Gasteiger partial charge in [0, 0.05) is 24.0 Å². The van der Waals surface area contributed by atoms with E-state index in [4.69, 9.17) is 5.73 Å². The predicted molar refractivity (Wildman–Crippen MR) is 71.5 cm³/mol. The van der Waals surface area contributed by atoms with Gasteiger partial charge in [-0.2, -0.15) is 0 Å². The summed E-state index contributed by atoms with van der Waals surface area (Å²) in [4.78, 5) is 19.7. The van der Waals surface area contributed by atoms with Crippen LogP contribution in [-0.2, 0) is 0 Å². The maximum atomic E-state index is 13.0. The van der Waals surface area contributed by atoms with Crippen molar-refractivity contribution < 1.29 is 9.18 Å². The van der Waals surface area contributed by atoms with E-state index in [0.29, 0.717) is 6.54 Å². The first-order valence-corrected chi connectivity index (χ1v) is 6.54. The van der Waals surface area contributed by atoms with Crippen LogP contribution in [0.5, 0.6) is 0 Å². The number of nitrogens with one attached hydrogen (secondary N) is 1. The Morgan fingerprint density at radius 3 is 3.05 bits per heavy atom. The van der Waals surface area contributed by atoms with Gasteiger partial charge in [0.25, 0.3) is 5.91 Å². The summed E-state index contributed by atoms with van der Waals surface area (Å²) in [6.07, 6.45) is 2.69. The number of aromatic nitrogens is 2. The van der Waals surface area contributed by atoms with Crippen LogP contribution in [0.2, 0.25) is 0 Å². The molecule has 2 aromatic rings. The highest BCUT2D eigenvalue weighted by atomic mass is 32.1. The van der Waals surface area contributed by atoms with Crippen LogP contribution in [0.1, 0.15) is 28.2 Å². The van der Waals surface area contributed by atoms with Crippen LogP contribution < -0.4 is 11.1 Å². The fourth-order valence-corrected chi connectivity index (χ4v) is 2.24. The average molecular weight is 280 g/mol. The lowest BCUT2D eigenvalue weighted by atomic mass is 10.2. The third-order valence-electron chi connectivity index (χ3n) is 2.57. The minimum absolute atomic E-state index is 0.0146. The van der Waals surface area contributed by atoms with Crippen LogP contribution in [0.4, 0.5) is 10.2 Å². The maximum absolute atomic E-state index is 13.0. The van der Waals surface area contributed by atoms with E-state index >= 15 is 0 Å². The second-order valence-electron chi connectivity index (χ2n) is 4.07. The van der Waals surface area contributed by atoms with Crippen LogP contribution in [0.25, 0.3) is 0 Å². The lowest BCUT2D eigenvalue weighted by molar-refractivity contribution is 0.0952. The Hall–Kier alpha value is -2.02. The van der Waals surface area contributed by atoms with Crippen molar-refractivity contribution in [2.75, 3.05) is 12.3 Å². The predicted octanol–water partition coefficient (Wildman–Crippen LogP) is 1.79. The van der Waals surface area contributed by atoms with Gasteiger partial charge < -0.3 is 11.1 Å². The normalized spacial score (nSPS) is 12.1. The highest BCUT2D eigenvalue weighted by Crippen LogP contribution is 2.17. The summed E-state index contributed by atoms with van der Waals surface area (Å²) in [6.45, 7) is 2.36. The molecule has 0 bridgehead atoms. The molecule has 0 radical (unpaired) electrons. The van der Waals surface area contributed by atoms with Gasteiger partial charge in [-0.15, -0.1) is 11.3 Å². The molecule has 2 rings (SSSR count). The van der Waals surface area contributed by atoms with Crippen molar-refractivity contribution in [2.24, 2.45) is 0 Å². The molecule has 0 saturated carbocycles. The first-order valence-electron chi connectivity index (χ1n) is 5.66. The Balaban J connectivity index is 2.00. The van der Waals surface area contributed by atoms with E-state index in [1.54, 1.807) is 6.20 Å². The van der Waals surface area contributed by atoms with Gasteiger partial charge in [-0.05, 0) is 6.07 Å². The average Bonchev–Trinajstić information content (AvgIpc) is 2.92. The molecule has 0 aliphatic heterocycles. The third-order valence-corrected chi connectivity index (χ3v) is 3.58. The zero-order valence-electron chi connectivity index (χ0n) is 10.3. The van der Waals surface area contributed by atoms with Crippen molar-refractivity contribution in [1.82, 2.24) is 15.3 Å². The summed E-state index contributed by atoms with van der Waals surface area (Å²) in [5, 5.41) is 5.51. The van der Waals surface area contributed by atoms with Crippen LogP contribution in [-0.4, -0.2) is 22.4 Å². The Bertz CT molecular complexity index is 573. The fourth-order valence-electron chi connectivity index (χ4n) is 1.54. The molecular formula is C12H13FN4OS. The van der Waals surface area contributed by atoms with Crippen molar-refractivity contribution in [1.29, 1.82) is 0 Å². The lowest BCUT2D eigenvalue weighted by Gasteiger charge is -2.11. The molecule has 0 aliphatic rings. The Morgan fingerprint density at radius 2 is 2.37 bits per heavy atom. The number of amides is 1. The number of nitrogens with zero attached hydrogens (tertiary/aromatic N) is 2. The lowest BCUT2D eigenvalue weighted by Crippen LogP contribution is -2.28. The molecule has 0 spiro atoms. The van der Waals surface area contributed by atoms with Gasteiger partial charge in [-0.3, -0.25) is 4.79 Å². The largest absolute Gasteiger partial charge is 0.383 e. The van der Waals surface area contributed by atoms with E-state index in [0.717, 1.165) is 17.3 Å². The second kappa shape index (κ2) is 5.75. The number of hydrogen-bond acceptors (Lipinski definition) is 5. The Kier molecular flexibility index (Phi) is 4.06. The van der Waals surface area contributed by atoms with Gasteiger partial charge in [0.1, 0.15) is 11.6 Å². The van der Waals surface area contributed by atoms with Crippen LogP contribution in [0.15, 0.2) is 23.8 Å². The van der Waals surface area contributed by atoms with Crippen LogP contribution in [0, 0.1) is 5.82 Å². The zero-order chi connectivity index (χ0) is 13.8. The van der Waals surface area contributed by atoms with E-state index in [-0.39, 0.29) is 17.3 Å². The molecule has 19 heavy (non-hydrogen) atoms. The summed E-state index contributed by atoms with van der Waals surface area (Å²) in [7, 11) is 0. The van der Waals surface area contributed by atoms with E-state index in [1.807, 2.05) is 12.3 Å². The maximum Gasteiger partial charge on any atom is 0.255 e. The highest BCUT2D eigenvalue weighted by Gasteiger charge is 2.14. The van der Waals surface area contributed by atoms with Crippen molar-refractivity contribution in [3.63, 3.8) is 0 Å². The molecular weight excluding hydrogens is 267 g/mol. The quantitative estimate of drug-likeness (QED) is 0.894. The highest BCUT2D eigenvalue weighted by molar-refractivity contribution is 7.09. The standard InChI is InChI=1S/C12H13FN4OS/c1-7(12-15-2-3-19-12)5-17-11(18)9-4-8(13)6-16-10(9)14/h2-4,6-7H,5H2,1H3,(H2,14,16)(H,17,18). The molecule has 1 amide bonds. The molecule has 3 N–H and O–H groups in total. The number of thiazole rings is 1. The number of pyridine rings is 1. The molecule has 7 heteroatoms. The van der Waals surface area contributed by atoms with Crippen LogP contribution >= 0.6 is 11.3 Å². The van der Waals surface area contributed by atoms with E-state index < -0.39 is 11.7 Å². The summed E-state index contributed by atoms with van der Waals surface area (Å²) < 4.78 is 13.0. The number of rotatable bonds is 4. The molecule has 0 fully saturated rings. The number of hydrogen-bond donors (Lipinski definition) is 2. The number of halogens is 1. The smallest absolute Gasteiger partial charge is 0.255 e. The third kappa shape index (κ3) is 3.25. The molecule has 5 nitrogen and oxygen atoms in total. The number of carbonyl (C=O) groups excluding carboxylic acids is 1. The molecule has 2 heterocycles. The van der Waals surface area contributed by atoms with Gasteiger partial charge in [0.2, 0.25) is 0 Å². The topological polar surface area (TPSA) is 80.9 Å². The number of nitrogens with two attached hydrogens (primary N) is 1. The fraction of sp³-hybridized carbons (Fsp3) is 0.250. The minimum atomic E-state index is -0.590. The Morgan fingerprint density at radius 1 is 1.58 bits per heavy atom.